The van der Waals surface area contributed by atoms with E-state index in [4.69, 9.17) is 4.98 Å². The van der Waals surface area contributed by atoms with Crippen LogP contribution in [0.15, 0.2) is 103 Å². The maximum absolute atomic E-state index is 4.70. The van der Waals surface area contributed by atoms with Gasteiger partial charge in [0.25, 0.3) is 0 Å². The second kappa shape index (κ2) is 8.04. The van der Waals surface area contributed by atoms with E-state index in [2.05, 4.69) is 127 Å². The predicted octanol–water partition coefficient (Wildman–Crippen LogP) is 8.15. The molecule has 1 aromatic heterocycles. The average Bonchev–Trinajstić information content (AvgIpc) is 2.79. The fraction of sp³-hybridized carbons (Fsp3) is 0.0357. The summed E-state index contributed by atoms with van der Waals surface area (Å²) in [6, 6.07) is 34.7. The quantitative estimate of drug-likeness (QED) is 0.229. The normalized spacial score (nSPS) is 11.0. The molecule has 0 aliphatic carbocycles. The first-order chi connectivity index (χ1) is 14.7. The molecular weight excluding hydrogens is 477 g/mol. The van der Waals surface area contributed by atoms with E-state index in [0.717, 1.165) is 16.8 Å². The minimum Gasteiger partial charge on any atom is -0.256 e. The van der Waals surface area contributed by atoms with Gasteiger partial charge in [0.05, 0.1) is 5.69 Å². The third-order valence-corrected chi connectivity index (χ3v) is 6.18. The van der Waals surface area contributed by atoms with Crippen LogP contribution >= 0.6 is 22.6 Å². The first kappa shape index (κ1) is 19.0. The smallest absolute Gasteiger partial charge is 0.0702 e. The summed E-state index contributed by atoms with van der Waals surface area (Å²) in [6.45, 7) is 2.10. The van der Waals surface area contributed by atoms with E-state index in [1.165, 1.54) is 36.6 Å². The van der Waals surface area contributed by atoms with Gasteiger partial charge in [0.1, 0.15) is 0 Å². The summed E-state index contributed by atoms with van der Waals surface area (Å²) in [7, 11) is 0. The molecule has 5 aromatic rings. The summed E-state index contributed by atoms with van der Waals surface area (Å²) in [5.74, 6) is 0. The summed E-state index contributed by atoms with van der Waals surface area (Å²) in [6.07, 6.45) is 1.97. The standard InChI is InChI=1S/C28H20IN/c1-19-2-4-21(5-3-19)28-15-12-26(18-30-28)25-9-8-23-16-22(6-7-24(23)17-25)20-10-13-27(29)14-11-20/h2-18H,1H3. The Morgan fingerprint density at radius 1 is 0.533 bits per heavy atom. The first-order valence-corrected chi connectivity index (χ1v) is 11.1. The van der Waals surface area contributed by atoms with Crippen molar-refractivity contribution in [2.24, 2.45) is 0 Å². The minimum absolute atomic E-state index is 1.00. The van der Waals surface area contributed by atoms with Crippen molar-refractivity contribution >= 4 is 33.4 Å². The van der Waals surface area contributed by atoms with Crippen LogP contribution in [0.5, 0.6) is 0 Å². The monoisotopic (exact) mass is 497 g/mol. The molecule has 30 heavy (non-hydrogen) atoms. The van der Waals surface area contributed by atoms with Gasteiger partial charge in [-0.25, -0.2) is 0 Å². The molecule has 144 valence electrons. The van der Waals surface area contributed by atoms with Gasteiger partial charge in [-0.15, -0.1) is 0 Å². The first-order valence-electron chi connectivity index (χ1n) is 9.99. The van der Waals surface area contributed by atoms with Gasteiger partial charge in [-0.1, -0.05) is 72.3 Å². The largest absolute Gasteiger partial charge is 0.256 e. The second-order valence-electron chi connectivity index (χ2n) is 7.58. The predicted molar refractivity (Wildman–Crippen MR) is 136 cm³/mol. The number of nitrogens with zero attached hydrogens (tertiary/aromatic N) is 1. The van der Waals surface area contributed by atoms with E-state index < -0.39 is 0 Å². The van der Waals surface area contributed by atoms with Crippen LogP contribution in [0.2, 0.25) is 0 Å². The number of rotatable bonds is 3. The number of hydrogen-bond acceptors (Lipinski definition) is 1. The van der Waals surface area contributed by atoms with Gasteiger partial charge in [-0.3, -0.25) is 4.98 Å². The van der Waals surface area contributed by atoms with E-state index in [0.29, 0.717) is 0 Å². The zero-order chi connectivity index (χ0) is 20.5. The Balaban J connectivity index is 1.45. The van der Waals surface area contributed by atoms with Crippen LogP contribution in [-0.4, -0.2) is 4.98 Å². The molecule has 0 amide bonds. The third kappa shape index (κ3) is 3.88. The SMILES string of the molecule is Cc1ccc(-c2ccc(-c3ccc4cc(-c5ccc(I)cc5)ccc4c3)cn2)cc1. The molecule has 1 heterocycles. The Morgan fingerprint density at radius 2 is 1.07 bits per heavy atom. The molecule has 0 bridgehead atoms. The zero-order valence-corrected chi connectivity index (χ0v) is 18.8. The molecule has 0 spiro atoms. The number of pyridine rings is 1. The van der Waals surface area contributed by atoms with Crippen LogP contribution in [0.3, 0.4) is 0 Å². The molecule has 0 N–H and O–H groups in total. The third-order valence-electron chi connectivity index (χ3n) is 5.46. The van der Waals surface area contributed by atoms with Gasteiger partial charge in [-0.2, -0.15) is 0 Å². The van der Waals surface area contributed by atoms with E-state index in [1.54, 1.807) is 0 Å². The van der Waals surface area contributed by atoms with Gasteiger partial charge >= 0.3 is 0 Å². The summed E-state index contributed by atoms with van der Waals surface area (Å²) < 4.78 is 1.25. The highest BCUT2D eigenvalue weighted by Crippen LogP contribution is 2.29. The van der Waals surface area contributed by atoms with Gasteiger partial charge in [0.15, 0.2) is 0 Å². The summed E-state index contributed by atoms with van der Waals surface area (Å²) in [5, 5.41) is 2.49. The van der Waals surface area contributed by atoms with E-state index in [-0.39, 0.29) is 0 Å². The van der Waals surface area contributed by atoms with Crippen LogP contribution in [0.25, 0.3) is 44.3 Å². The van der Waals surface area contributed by atoms with Crippen molar-refractivity contribution in [3.8, 4) is 33.5 Å². The van der Waals surface area contributed by atoms with Crippen molar-refractivity contribution in [3.63, 3.8) is 0 Å². The molecule has 0 aliphatic rings. The van der Waals surface area contributed by atoms with Gasteiger partial charge in [0, 0.05) is 20.9 Å². The van der Waals surface area contributed by atoms with Crippen molar-refractivity contribution in [3.05, 3.63) is 112 Å². The maximum atomic E-state index is 4.70. The van der Waals surface area contributed by atoms with Crippen LogP contribution < -0.4 is 0 Å². The molecule has 0 atom stereocenters. The Hall–Kier alpha value is -2.98. The lowest BCUT2D eigenvalue weighted by molar-refractivity contribution is 1.32. The number of hydrogen-bond donors (Lipinski definition) is 0. The Kier molecular flexibility index (Phi) is 5.09. The van der Waals surface area contributed by atoms with E-state index in [9.17, 15) is 0 Å². The van der Waals surface area contributed by atoms with Crippen molar-refractivity contribution in [1.29, 1.82) is 0 Å². The highest BCUT2D eigenvalue weighted by atomic mass is 127. The topological polar surface area (TPSA) is 12.9 Å². The van der Waals surface area contributed by atoms with Crippen molar-refractivity contribution < 1.29 is 0 Å². The van der Waals surface area contributed by atoms with Crippen LogP contribution in [0.1, 0.15) is 5.56 Å². The summed E-state index contributed by atoms with van der Waals surface area (Å²) in [4.78, 5) is 4.70. The van der Waals surface area contributed by atoms with E-state index >= 15 is 0 Å². The molecule has 0 aliphatic heterocycles. The number of aryl methyl sites for hydroxylation is 1. The Labute approximate surface area is 190 Å². The molecule has 4 aromatic carbocycles. The van der Waals surface area contributed by atoms with Crippen molar-refractivity contribution in [2.75, 3.05) is 0 Å². The molecule has 0 saturated heterocycles. The minimum atomic E-state index is 1.00. The Morgan fingerprint density at radius 3 is 1.67 bits per heavy atom. The number of aromatic nitrogens is 1. The van der Waals surface area contributed by atoms with Gasteiger partial charge in [0.2, 0.25) is 0 Å². The molecule has 1 nitrogen and oxygen atoms in total. The highest BCUT2D eigenvalue weighted by molar-refractivity contribution is 14.1. The Bertz CT molecular complexity index is 1320. The zero-order valence-electron chi connectivity index (χ0n) is 16.6. The van der Waals surface area contributed by atoms with Gasteiger partial charge in [-0.05, 0) is 87.3 Å². The maximum Gasteiger partial charge on any atom is 0.0702 e. The molecule has 0 unspecified atom stereocenters. The van der Waals surface area contributed by atoms with Crippen LogP contribution in [-0.2, 0) is 0 Å². The number of benzene rings is 4. The van der Waals surface area contributed by atoms with Crippen LogP contribution in [0, 0.1) is 10.5 Å². The van der Waals surface area contributed by atoms with Crippen LogP contribution in [0.4, 0.5) is 0 Å². The average molecular weight is 497 g/mol. The molecule has 2 heteroatoms. The molecule has 0 saturated carbocycles. The summed E-state index contributed by atoms with van der Waals surface area (Å²) >= 11 is 2.34. The van der Waals surface area contributed by atoms with Gasteiger partial charge < -0.3 is 0 Å². The molecule has 5 rings (SSSR count). The fourth-order valence-corrected chi connectivity index (χ4v) is 4.07. The fourth-order valence-electron chi connectivity index (χ4n) is 3.71. The van der Waals surface area contributed by atoms with Crippen molar-refractivity contribution in [1.82, 2.24) is 4.98 Å². The van der Waals surface area contributed by atoms with E-state index in [1.807, 2.05) is 6.20 Å². The van der Waals surface area contributed by atoms with Crippen molar-refractivity contribution in [2.45, 2.75) is 6.92 Å². The molecular formula is C28H20IN. The molecule has 0 fully saturated rings. The lowest BCUT2D eigenvalue weighted by Crippen LogP contribution is -1.86. The highest BCUT2D eigenvalue weighted by Gasteiger charge is 2.05. The number of fused-ring (bicyclic) bond motifs is 1. The lowest BCUT2D eigenvalue weighted by Gasteiger charge is -2.08. The second-order valence-corrected chi connectivity index (χ2v) is 8.83. The number of halogens is 1. The summed E-state index contributed by atoms with van der Waals surface area (Å²) in [5.41, 5.74) is 8.22. The molecule has 0 radical (unpaired) electrons. The lowest BCUT2D eigenvalue weighted by atomic mass is 9.98.